The zero-order chi connectivity index (χ0) is 77.0. The van der Waals surface area contributed by atoms with Crippen LogP contribution >= 0.6 is 35.3 Å². The Morgan fingerprint density at radius 2 is 0.888 bits per heavy atom. The highest BCUT2D eigenvalue weighted by Gasteiger charge is 2.50. The Hall–Kier alpha value is -8.63. The van der Waals surface area contributed by atoms with Crippen LogP contribution in [0.2, 0.25) is 0 Å². The van der Waals surface area contributed by atoms with Gasteiger partial charge in [0.05, 0.1) is 19.1 Å². The molecule has 0 aliphatic heterocycles. The number of hydrogen-bond donors (Lipinski definition) is 10. The Morgan fingerprint density at radius 3 is 1.36 bits per heavy atom. The molecule has 0 aromatic heterocycles. The van der Waals surface area contributed by atoms with E-state index in [2.05, 4.69) is 42.5 Å². The number of hydrogen-bond acceptors (Lipinski definition) is 19. The van der Waals surface area contributed by atoms with Gasteiger partial charge in [0.2, 0.25) is 35.4 Å². The van der Waals surface area contributed by atoms with Crippen molar-refractivity contribution in [1.29, 1.82) is 0 Å². The number of carbonyl (C=O) groups is 10. The number of nitrogens with one attached hydrogen (secondary N) is 8. The van der Waals surface area contributed by atoms with Gasteiger partial charge >= 0.3 is 24.1 Å². The summed E-state index contributed by atoms with van der Waals surface area (Å²) in [5.41, 5.74) is 6.28. The van der Waals surface area contributed by atoms with E-state index >= 15 is 9.59 Å². The van der Waals surface area contributed by atoms with Crippen molar-refractivity contribution in [2.75, 3.05) is 30.4 Å². The largest absolute Gasteiger partial charge is 0.462 e. The molecule has 0 spiro atoms. The number of esters is 2. The van der Waals surface area contributed by atoms with Crippen molar-refractivity contribution < 1.29 is 77.1 Å². The summed E-state index contributed by atoms with van der Waals surface area (Å²) in [5.74, 6) is -4.66. The minimum Gasteiger partial charge on any atom is -0.462 e. The monoisotopic (exact) mass is 1530 g/mol. The van der Waals surface area contributed by atoms with E-state index in [0.717, 1.165) is 64.6 Å². The molecule has 9 rings (SSSR count). The lowest BCUT2D eigenvalue weighted by Crippen LogP contribution is -2.62. The number of benzene rings is 5. The molecule has 10 N–H and O–H groups in total. The highest BCUT2D eigenvalue weighted by Crippen LogP contribution is 2.54. The van der Waals surface area contributed by atoms with Crippen molar-refractivity contribution in [1.82, 2.24) is 42.5 Å². The van der Waals surface area contributed by atoms with Gasteiger partial charge in [0.25, 0.3) is 0 Å². The van der Waals surface area contributed by atoms with Gasteiger partial charge in [-0.05, 0) is 151 Å². The van der Waals surface area contributed by atoms with Gasteiger partial charge in [0.1, 0.15) is 67.2 Å². The summed E-state index contributed by atoms with van der Waals surface area (Å²) >= 11 is 3.88. The molecule has 4 bridgehead atoms. The summed E-state index contributed by atoms with van der Waals surface area (Å²) in [6.07, 6.45) is 1.04. The molecule has 578 valence electrons. The zero-order valence-electron chi connectivity index (χ0n) is 62.0. The van der Waals surface area contributed by atoms with Gasteiger partial charge < -0.3 is 71.7 Å². The molecule has 4 aliphatic carbocycles. The highest BCUT2D eigenvalue weighted by molar-refractivity contribution is 7.99. The average Bonchev–Trinajstić information content (AvgIpc) is 0.762. The molecule has 27 heteroatoms. The topological polar surface area (TPSA) is 344 Å². The van der Waals surface area contributed by atoms with Crippen molar-refractivity contribution in [2.24, 2.45) is 23.7 Å². The number of alkyl carbamates (subject to hydrolysis) is 2. The Kier molecular flexibility index (Phi) is 33.1. The molecule has 0 heterocycles. The SMILES string of the molecule is Cc1ccc(CSC[C@H](NC(=O)[C@H](CC(=O)OC2C3CC4CC(C3)CC2C4)NC(=O)OC(C)(C)C)C(=O)N[C@@H](CCCCNC(=O)OCc2ccccc2)C(=O)N[C@@H](CSCc2ccc(C)cc2)C(=O)N[C@H](C(=O)N[C@@H](CO)C(=O)N[C@@H](CSCc2ccc(C)cc2)C(=O)OCc2ccccc2)[C@@H](C)O)cc1. The van der Waals surface area contributed by atoms with Crippen molar-refractivity contribution >= 4 is 94.9 Å². The van der Waals surface area contributed by atoms with Crippen LogP contribution in [0.3, 0.4) is 0 Å². The Labute approximate surface area is 639 Å². The molecule has 107 heavy (non-hydrogen) atoms. The first-order valence-electron chi connectivity index (χ1n) is 36.6. The summed E-state index contributed by atoms with van der Waals surface area (Å²) in [7, 11) is 0. The number of amides is 8. The summed E-state index contributed by atoms with van der Waals surface area (Å²) in [5, 5.41) is 43.1. The van der Waals surface area contributed by atoms with Crippen LogP contribution in [-0.2, 0) is 87.8 Å². The molecular weight excluding hydrogens is 1430 g/mol. The van der Waals surface area contributed by atoms with E-state index in [1.807, 2.05) is 130 Å². The number of aliphatic hydroxyl groups is 2. The highest BCUT2D eigenvalue weighted by atomic mass is 32.2. The van der Waals surface area contributed by atoms with E-state index in [0.29, 0.717) is 34.7 Å². The number of ether oxygens (including phenoxy) is 4. The van der Waals surface area contributed by atoms with E-state index in [1.54, 1.807) is 45.0 Å². The fourth-order valence-electron chi connectivity index (χ4n) is 13.3. The summed E-state index contributed by atoms with van der Waals surface area (Å²) in [6.45, 7) is 11.0. The number of aryl methyl sites for hydroxylation is 3. The van der Waals surface area contributed by atoms with Gasteiger partial charge in [-0.3, -0.25) is 33.6 Å². The third-order valence-electron chi connectivity index (χ3n) is 18.8. The van der Waals surface area contributed by atoms with E-state index in [4.69, 9.17) is 18.9 Å². The van der Waals surface area contributed by atoms with Crippen molar-refractivity contribution in [3.05, 3.63) is 178 Å². The maximum absolute atomic E-state index is 15.2. The molecular formula is C80H104N8O16S3. The molecule has 0 saturated heterocycles. The summed E-state index contributed by atoms with van der Waals surface area (Å²) < 4.78 is 22.8. The van der Waals surface area contributed by atoms with E-state index < -0.39 is 127 Å². The lowest BCUT2D eigenvalue weighted by atomic mass is 9.55. The number of rotatable bonds is 40. The standard InChI is InChI=1S/C80H104N8O16S3/c1-49-21-27-55(28-22-49)43-105-46-65(85-72(93)63(87-79(100)104-80(5,6)7)39-68(91)103-70-60-35-58-34-59(37-60)38-61(70)36-58)74(95)82-62(20-14-15-33-81-78(99)102-42-54-18-12-9-13-19-54)71(92)84-66(47-106-44-56-29-23-50(2)24-30-56)75(96)88-69(52(4)90)76(97)83-64(40-89)73(94)86-67(48-107-45-57-31-25-51(3)26-32-57)77(98)101-41-53-16-10-8-11-17-53/h8-13,16-19,21-32,52,58-67,69-70,89-90H,14-15,20,33-48H2,1-7H3,(H,81,99)(H,82,95)(H,83,97)(H,84,92)(H,85,93)(H,86,94)(H,87,100)(H,88,96)/t52-,58?,59?,60?,61?,62+,63+,64+,65+,66+,67+,69+,70?/m1/s1. The first-order chi connectivity index (χ1) is 51.2. The lowest BCUT2D eigenvalue weighted by molar-refractivity contribution is -0.171. The number of unbranched alkanes of at least 4 members (excludes halogenated alkanes) is 1. The third-order valence-corrected chi connectivity index (χ3v) is 22.1. The quantitative estimate of drug-likeness (QED) is 0.00998. The van der Waals surface area contributed by atoms with Crippen LogP contribution in [0.1, 0.15) is 130 Å². The predicted octanol–water partition coefficient (Wildman–Crippen LogP) is 8.49. The van der Waals surface area contributed by atoms with Gasteiger partial charge in [0, 0.05) is 41.1 Å². The van der Waals surface area contributed by atoms with Crippen LogP contribution in [0.5, 0.6) is 0 Å². The molecule has 5 aromatic rings. The van der Waals surface area contributed by atoms with Gasteiger partial charge in [-0.25, -0.2) is 14.4 Å². The van der Waals surface area contributed by atoms with Crippen LogP contribution in [0.4, 0.5) is 9.59 Å². The molecule has 4 fully saturated rings. The Bertz CT molecular complexity index is 3710. The fraction of sp³-hybridized carbons (Fsp3) is 0.500. The molecule has 4 aliphatic rings. The van der Waals surface area contributed by atoms with E-state index in [1.165, 1.54) is 48.6 Å². The molecule has 8 atom stereocenters. The molecule has 5 aromatic carbocycles. The molecule has 0 radical (unpaired) electrons. The number of aliphatic hydroxyl groups excluding tert-OH is 2. The zero-order valence-corrected chi connectivity index (χ0v) is 64.4. The average molecular weight is 1530 g/mol. The van der Waals surface area contributed by atoms with Gasteiger partial charge in [0.15, 0.2) is 0 Å². The maximum atomic E-state index is 15.2. The van der Waals surface area contributed by atoms with Crippen molar-refractivity contribution in [3.8, 4) is 0 Å². The molecule has 4 saturated carbocycles. The third kappa shape index (κ3) is 28.5. The van der Waals surface area contributed by atoms with Gasteiger partial charge in [-0.15, -0.1) is 0 Å². The van der Waals surface area contributed by atoms with E-state index in [-0.39, 0.29) is 74.2 Å². The van der Waals surface area contributed by atoms with Crippen molar-refractivity contribution in [3.63, 3.8) is 0 Å². The first-order valence-corrected chi connectivity index (χ1v) is 40.1. The second kappa shape index (κ2) is 42.2. The van der Waals surface area contributed by atoms with Crippen LogP contribution in [0.15, 0.2) is 133 Å². The summed E-state index contributed by atoms with van der Waals surface area (Å²) in [6, 6.07) is 30.3. The summed E-state index contributed by atoms with van der Waals surface area (Å²) in [4.78, 5) is 143. The molecule has 0 unspecified atom stereocenters. The Morgan fingerprint density at radius 1 is 0.467 bits per heavy atom. The second-order valence-electron chi connectivity index (χ2n) is 29.1. The van der Waals surface area contributed by atoms with Gasteiger partial charge in [-0.2, -0.15) is 35.3 Å². The maximum Gasteiger partial charge on any atom is 0.408 e. The van der Waals surface area contributed by atoms with Gasteiger partial charge in [-0.1, -0.05) is 150 Å². The first kappa shape index (κ1) is 84.0. The number of carbonyl (C=O) groups excluding carboxylic acids is 10. The second-order valence-corrected chi connectivity index (χ2v) is 32.2. The number of thioether (sulfide) groups is 3. The Balaban J connectivity index is 1.02. The predicted molar refractivity (Wildman–Crippen MR) is 412 cm³/mol. The fourth-order valence-corrected chi connectivity index (χ4v) is 16.3. The van der Waals surface area contributed by atoms with Crippen LogP contribution < -0.4 is 42.5 Å². The minimum absolute atomic E-state index is 0.0121. The van der Waals surface area contributed by atoms with Crippen LogP contribution in [0.25, 0.3) is 0 Å². The van der Waals surface area contributed by atoms with Crippen LogP contribution in [0, 0.1) is 44.4 Å². The smallest absolute Gasteiger partial charge is 0.408 e. The molecule has 8 amide bonds. The lowest BCUT2D eigenvalue weighted by Gasteiger charge is -2.53. The van der Waals surface area contributed by atoms with Crippen LogP contribution in [-0.4, -0.2) is 160 Å². The normalized spacial score (nSPS) is 18.6. The van der Waals surface area contributed by atoms with E-state index in [9.17, 15) is 48.6 Å². The minimum atomic E-state index is -1.82. The van der Waals surface area contributed by atoms with Crippen molar-refractivity contribution in [2.45, 2.75) is 197 Å². The molecule has 24 nitrogen and oxygen atoms in total.